The molecule has 0 spiro atoms. The van der Waals surface area contributed by atoms with Gasteiger partial charge in [0.1, 0.15) is 0 Å². The monoisotopic (exact) mass is 260 g/mol. The van der Waals surface area contributed by atoms with E-state index in [9.17, 15) is 0 Å². The van der Waals surface area contributed by atoms with Crippen LogP contribution in [0.2, 0.25) is 0 Å². The Labute approximate surface area is 117 Å². The summed E-state index contributed by atoms with van der Waals surface area (Å²) in [6.07, 6.45) is 14.0. The van der Waals surface area contributed by atoms with Gasteiger partial charge >= 0.3 is 0 Å². The van der Waals surface area contributed by atoms with Gasteiger partial charge in [0, 0.05) is 25.7 Å². The van der Waals surface area contributed by atoms with E-state index in [0.717, 1.165) is 42.7 Å². The third kappa shape index (κ3) is 2.38. The van der Waals surface area contributed by atoms with Gasteiger partial charge in [-0.25, -0.2) is 0 Å². The molecular formula is C17H28N2. The summed E-state index contributed by atoms with van der Waals surface area (Å²) < 4.78 is 0. The Hall–Kier alpha value is -0.340. The van der Waals surface area contributed by atoms with E-state index in [1.807, 2.05) is 0 Å². The molecule has 2 N–H and O–H groups in total. The zero-order chi connectivity index (χ0) is 12.8. The van der Waals surface area contributed by atoms with Gasteiger partial charge < -0.3 is 5.73 Å². The van der Waals surface area contributed by atoms with Gasteiger partial charge in [-0.05, 0) is 68.1 Å². The van der Waals surface area contributed by atoms with Gasteiger partial charge in [0.05, 0.1) is 0 Å². The molecule has 19 heavy (non-hydrogen) atoms. The third-order valence-electron chi connectivity index (χ3n) is 6.33. The Morgan fingerprint density at radius 3 is 2.26 bits per heavy atom. The van der Waals surface area contributed by atoms with E-state index in [1.165, 1.54) is 38.6 Å². The predicted octanol–water partition coefficient (Wildman–Crippen LogP) is 2.65. The van der Waals surface area contributed by atoms with Crippen LogP contribution < -0.4 is 5.73 Å². The highest BCUT2D eigenvalue weighted by molar-refractivity contribution is 5.06. The molecule has 106 valence electrons. The zero-order valence-corrected chi connectivity index (χ0v) is 12.0. The van der Waals surface area contributed by atoms with E-state index in [1.54, 1.807) is 6.42 Å². The summed E-state index contributed by atoms with van der Waals surface area (Å²) in [5, 5.41) is 0. The largest absolute Gasteiger partial charge is 0.326 e. The van der Waals surface area contributed by atoms with Crippen LogP contribution in [0, 0.1) is 29.6 Å². The first kappa shape index (κ1) is 12.4. The number of nitrogens with zero attached hydrogens (tertiary/aromatic N) is 1. The van der Waals surface area contributed by atoms with Crippen molar-refractivity contribution in [1.29, 1.82) is 0 Å². The van der Waals surface area contributed by atoms with Crippen LogP contribution in [0.15, 0.2) is 12.2 Å². The molecule has 0 aromatic carbocycles. The highest BCUT2D eigenvalue weighted by Crippen LogP contribution is 2.56. The van der Waals surface area contributed by atoms with E-state index in [0.29, 0.717) is 6.04 Å². The molecule has 4 bridgehead atoms. The first-order valence-electron chi connectivity index (χ1n) is 8.42. The Balaban J connectivity index is 1.35. The molecule has 0 aromatic rings. The number of rotatable bonds is 3. The molecule has 1 aliphatic heterocycles. The van der Waals surface area contributed by atoms with Crippen LogP contribution in [-0.4, -0.2) is 30.6 Å². The molecule has 4 aliphatic carbocycles. The van der Waals surface area contributed by atoms with E-state index in [4.69, 9.17) is 5.73 Å². The Morgan fingerprint density at radius 2 is 1.68 bits per heavy atom. The number of hydrogen-bond acceptors (Lipinski definition) is 2. The van der Waals surface area contributed by atoms with Crippen LogP contribution in [0.1, 0.15) is 38.5 Å². The van der Waals surface area contributed by atoms with E-state index in [2.05, 4.69) is 17.1 Å². The summed E-state index contributed by atoms with van der Waals surface area (Å²) in [4.78, 5) is 2.51. The highest BCUT2D eigenvalue weighted by Gasteiger charge is 2.46. The van der Waals surface area contributed by atoms with Crippen molar-refractivity contribution in [3.8, 4) is 0 Å². The molecule has 4 saturated carbocycles. The lowest BCUT2D eigenvalue weighted by molar-refractivity contribution is -0.0162. The van der Waals surface area contributed by atoms with Gasteiger partial charge in [0.15, 0.2) is 0 Å². The fraction of sp³-hybridized carbons (Fsp3) is 0.882. The van der Waals surface area contributed by atoms with Gasteiger partial charge in [-0.1, -0.05) is 12.2 Å². The van der Waals surface area contributed by atoms with Gasteiger partial charge in [-0.3, -0.25) is 4.90 Å². The molecule has 1 heterocycles. The van der Waals surface area contributed by atoms with Gasteiger partial charge in [0.2, 0.25) is 0 Å². The SMILES string of the molecule is NC1CCN(C/C=C/C2C3CC4CC(C3)CC2C4)C1. The normalized spacial score (nSPS) is 49.5. The van der Waals surface area contributed by atoms with Crippen LogP contribution >= 0.6 is 0 Å². The van der Waals surface area contributed by atoms with E-state index in [-0.39, 0.29) is 0 Å². The summed E-state index contributed by atoms with van der Waals surface area (Å²) in [5.41, 5.74) is 5.97. The van der Waals surface area contributed by atoms with Crippen molar-refractivity contribution in [2.75, 3.05) is 19.6 Å². The molecular weight excluding hydrogens is 232 g/mol. The molecule has 5 rings (SSSR count). The molecule has 2 nitrogen and oxygen atoms in total. The fourth-order valence-corrected chi connectivity index (χ4v) is 5.68. The minimum atomic E-state index is 0.426. The quantitative estimate of drug-likeness (QED) is 0.791. The molecule has 1 saturated heterocycles. The van der Waals surface area contributed by atoms with Gasteiger partial charge in [-0.15, -0.1) is 0 Å². The van der Waals surface area contributed by atoms with Crippen LogP contribution in [0.3, 0.4) is 0 Å². The smallest absolute Gasteiger partial charge is 0.0180 e. The molecule has 1 unspecified atom stereocenters. The summed E-state index contributed by atoms with van der Waals surface area (Å²) in [7, 11) is 0. The van der Waals surface area contributed by atoms with Crippen molar-refractivity contribution in [3.63, 3.8) is 0 Å². The molecule has 0 amide bonds. The van der Waals surface area contributed by atoms with Gasteiger partial charge in [0.25, 0.3) is 0 Å². The number of allylic oxidation sites excluding steroid dienone is 1. The topological polar surface area (TPSA) is 29.3 Å². The average molecular weight is 260 g/mol. The second kappa shape index (κ2) is 4.89. The second-order valence-electron chi connectivity index (χ2n) is 7.74. The summed E-state index contributed by atoms with van der Waals surface area (Å²) in [5.74, 6) is 5.19. The Bertz CT molecular complexity index is 334. The second-order valence-corrected chi connectivity index (χ2v) is 7.74. The predicted molar refractivity (Wildman–Crippen MR) is 78.7 cm³/mol. The maximum atomic E-state index is 5.97. The zero-order valence-electron chi connectivity index (χ0n) is 12.0. The Morgan fingerprint density at radius 1 is 1.00 bits per heavy atom. The van der Waals surface area contributed by atoms with Crippen molar-refractivity contribution in [3.05, 3.63) is 12.2 Å². The van der Waals surface area contributed by atoms with Crippen LogP contribution in [-0.2, 0) is 0 Å². The standard InChI is InChI=1S/C17H28N2/c18-16-3-5-19(11-16)4-1-2-17-14-7-12-6-13(9-14)10-15(17)8-12/h1-2,12-17H,3-11,18H2/b2-1+. The van der Waals surface area contributed by atoms with Crippen molar-refractivity contribution >= 4 is 0 Å². The first-order chi connectivity index (χ1) is 9.28. The molecule has 0 radical (unpaired) electrons. The van der Waals surface area contributed by atoms with Crippen molar-refractivity contribution in [2.45, 2.75) is 44.6 Å². The maximum absolute atomic E-state index is 5.97. The lowest BCUT2D eigenvalue weighted by Gasteiger charge is -2.53. The summed E-state index contributed by atoms with van der Waals surface area (Å²) in [6.45, 7) is 3.44. The fourth-order valence-electron chi connectivity index (χ4n) is 5.68. The number of likely N-dealkylation sites (tertiary alicyclic amines) is 1. The molecule has 2 heteroatoms. The summed E-state index contributed by atoms with van der Waals surface area (Å²) >= 11 is 0. The first-order valence-corrected chi connectivity index (χ1v) is 8.42. The minimum Gasteiger partial charge on any atom is -0.326 e. The van der Waals surface area contributed by atoms with Crippen molar-refractivity contribution in [1.82, 2.24) is 4.90 Å². The lowest BCUT2D eigenvalue weighted by atomic mass is 9.52. The lowest BCUT2D eigenvalue weighted by Crippen LogP contribution is -2.44. The van der Waals surface area contributed by atoms with Gasteiger partial charge in [-0.2, -0.15) is 0 Å². The van der Waals surface area contributed by atoms with E-state index < -0.39 is 0 Å². The van der Waals surface area contributed by atoms with Crippen LogP contribution in [0.4, 0.5) is 0 Å². The molecule has 5 aliphatic rings. The molecule has 5 fully saturated rings. The summed E-state index contributed by atoms with van der Waals surface area (Å²) in [6, 6.07) is 0.426. The number of nitrogens with two attached hydrogens (primary N) is 1. The van der Waals surface area contributed by atoms with Crippen LogP contribution in [0.25, 0.3) is 0 Å². The maximum Gasteiger partial charge on any atom is 0.0180 e. The average Bonchev–Trinajstić information content (AvgIpc) is 2.78. The van der Waals surface area contributed by atoms with Crippen LogP contribution in [0.5, 0.6) is 0 Å². The van der Waals surface area contributed by atoms with E-state index >= 15 is 0 Å². The Kier molecular flexibility index (Phi) is 3.19. The highest BCUT2D eigenvalue weighted by atomic mass is 15.2. The number of hydrogen-bond donors (Lipinski definition) is 1. The van der Waals surface area contributed by atoms with Crippen molar-refractivity contribution < 1.29 is 0 Å². The molecule has 1 atom stereocenters. The molecule has 0 aromatic heterocycles. The van der Waals surface area contributed by atoms with Crippen molar-refractivity contribution in [2.24, 2.45) is 35.3 Å². The third-order valence-corrected chi connectivity index (χ3v) is 6.33. The minimum absolute atomic E-state index is 0.426.